The molecule has 0 spiro atoms. The van der Waals surface area contributed by atoms with Gasteiger partial charge in [-0.15, -0.1) is 11.3 Å². The van der Waals surface area contributed by atoms with E-state index in [0.717, 1.165) is 10.6 Å². The number of nitrogens with zero attached hydrogens (tertiary/aromatic N) is 2. The van der Waals surface area contributed by atoms with E-state index in [2.05, 4.69) is 15.6 Å². The monoisotopic (exact) mass is 513 g/mol. The molecular formula is C24H21ClFN5O3S. The maximum Gasteiger partial charge on any atom is 0.333 e. The highest BCUT2D eigenvalue weighted by Crippen LogP contribution is 2.27. The number of rotatable bonds is 5. The number of thiophene rings is 1. The van der Waals surface area contributed by atoms with Crippen molar-refractivity contribution in [1.29, 1.82) is 5.26 Å². The highest BCUT2D eigenvalue weighted by atomic mass is 35.5. The zero-order chi connectivity index (χ0) is 25.7. The van der Waals surface area contributed by atoms with Gasteiger partial charge >= 0.3 is 5.69 Å². The first-order valence-electron chi connectivity index (χ1n) is 10.5. The molecule has 0 saturated heterocycles. The van der Waals surface area contributed by atoms with Crippen molar-refractivity contribution in [2.45, 2.75) is 19.9 Å². The molecule has 3 N–H and O–H groups in total. The van der Waals surface area contributed by atoms with Crippen LogP contribution < -0.4 is 21.9 Å². The van der Waals surface area contributed by atoms with Crippen molar-refractivity contribution < 1.29 is 9.18 Å². The Morgan fingerprint density at radius 2 is 1.86 bits per heavy atom. The average Bonchev–Trinajstić information content (AvgIpc) is 3.30. The third-order valence-electron chi connectivity index (χ3n) is 4.93. The molecule has 0 fully saturated rings. The van der Waals surface area contributed by atoms with Gasteiger partial charge < -0.3 is 15.6 Å². The summed E-state index contributed by atoms with van der Waals surface area (Å²) >= 11 is 7.08. The number of halogens is 2. The molecule has 0 aliphatic carbocycles. The predicted octanol–water partition coefficient (Wildman–Crippen LogP) is 4.60. The van der Waals surface area contributed by atoms with E-state index in [1.54, 1.807) is 12.1 Å². The molecule has 0 aliphatic heterocycles. The number of hydrogen-bond donors (Lipinski definition) is 3. The van der Waals surface area contributed by atoms with Crippen molar-refractivity contribution in [2.75, 3.05) is 12.4 Å². The molecule has 180 valence electrons. The molecule has 0 radical (unpaired) electrons. The molecule has 35 heavy (non-hydrogen) atoms. The number of nitrogens with one attached hydrogen (secondary N) is 3. The smallest absolute Gasteiger partial charge is 0.333 e. The molecule has 2 heterocycles. The minimum atomic E-state index is -0.877. The molecule has 0 bridgehead atoms. The van der Waals surface area contributed by atoms with Crippen LogP contribution in [-0.2, 0) is 0 Å². The van der Waals surface area contributed by atoms with Gasteiger partial charge in [0, 0.05) is 17.5 Å². The van der Waals surface area contributed by atoms with Crippen LogP contribution in [0.25, 0.3) is 16.6 Å². The second-order valence-electron chi connectivity index (χ2n) is 6.92. The lowest BCUT2D eigenvalue weighted by Gasteiger charge is -2.11. The van der Waals surface area contributed by atoms with Gasteiger partial charge in [-0.3, -0.25) is 9.59 Å². The number of H-pyrrole nitrogens is 1. The Hall–Kier alpha value is -3.94. The van der Waals surface area contributed by atoms with Crippen molar-refractivity contribution in [2.24, 2.45) is 0 Å². The highest BCUT2D eigenvalue weighted by molar-refractivity contribution is 7.16. The molecule has 0 saturated carbocycles. The Kier molecular flexibility index (Phi) is 8.06. The Balaban J connectivity index is 0.00000167. The first-order chi connectivity index (χ1) is 16.8. The van der Waals surface area contributed by atoms with E-state index < -0.39 is 29.0 Å². The largest absolute Gasteiger partial charge is 0.386 e. The lowest BCUT2D eigenvalue weighted by molar-refractivity contribution is 0.0945. The predicted molar refractivity (Wildman–Crippen MR) is 136 cm³/mol. The minimum Gasteiger partial charge on any atom is -0.386 e. The summed E-state index contributed by atoms with van der Waals surface area (Å²) in [5, 5.41) is 14.6. The van der Waals surface area contributed by atoms with Crippen LogP contribution in [-0.4, -0.2) is 22.5 Å². The molecule has 1 unspecified atom stereocenters. The second-order valence-corrected chi connectivity index (χ2v) is 8.67. The van der Waals surface area contributed by atoms with Crippen LogP contribution in [0.1, 0.15) is 35.1 Å². The molecule has 2 aromatic carbocycles. The number of benzene rings is 2. The molecule has 8 nitrogen and oxygen atoms in total. The van der Waals surface area contributed by atoms with Crippen LogP contribution in [0, 0.1) is 17.1 Å². The maximum absolute atomic E-state index is 14.2. The number of amides is 1. The number of aromatic amines is 1. The summed E-state index contributed by atoms with van der Waals surface area (Å²) in [4.78, 5) is 41.2. The third kappa shape index (κ3) is 5.26. The standard InChI is InChI=1S/C22H15ClFN5O3S.C2H6/c1-26-16-9-15-13(8-14(16)24)21(31)29(22(32)28-15)12-4-2-11(3-5-12)20(30)27-17(10-25)18-6-7-19(23)33-18;1-2/h2-9,17,26H,1H3,(H,27,30)(H,28,32);1-2H3. The van der Waals surface area contributed by atoms with Gasteiger partial charge in [0.25, 0.3) is 11.5 Å². The first kappa shape index (κ1) is 25.7. The van der Waals surface area contributed by atoms with Crippen molar-refractivity contribution in [3.8, 4) is 11.8 Å². The molecule has 2 aromatic heterocycles. The Labute approximate surface area is 208 Å². The maximum atomic E-state index is 14.2. The van der Waals surface area contributed by atoms with Gasteiger partial charge in [0.2, 0.25) is 0 Å². The van der Waals surface area contributed by atoms with E-state index in [9.17, 15) is 24.0 Å². The van der Waals surface area contributed by atoms with E-state index >= 15 is 0 Å². The fourth-order valence-electron chi connectivity index (χ4n) is 3.29. The zero-order valence-electron chi connectivity index (χ0n) is 19.0. The van der Waals surface area contributed by atoms with E-state index in [-0.39, 0.29) is 27.8 Å². The quantitative estimate of drug-likeness (QED) is 0.360. The summed E-state index contributed by atoms with van der Waals surface area (Å²) in [5.74, 6) is -1.15. The van der Waals surface area contributed by atoms with E-state index in [0.29, 0.717) is 9.21 Å². The van der Waals surface area contributed by atoms with Crippen LogP contribution in [0.15, 0.2) is 58.1 Å². The van der Waals surface area contributed by atoms with Crippen LogP contribution >= 0.6 is 22.9 Å². The summed E-state index contributed by atoms with van der Waals surface area (Å²) < 4.78 is 15.5. The molecule has 11 heteroatoms. The number of fused-ring (bicyclic) bond motifs is 1. The average molecular weight is 514 g/mol. The summed E-state index contributed by atoms with van der Waals surface area (Å²) in [6.45, 7) is 4.00. The van der Waals surface area contributed by atoms with Crippen molar-refractivity contribution in [3.05, 3.63) is 90.0 Å². The summed E-state index contributed by atoms with van der Waals surface area (Å²) in [6.07, 6.45) is 0. The fraction of sp³-hybridized carbons (Fsp3) is 0.167. The zero-order valence-corrected chi connectivity index (χ0v) is 20.6. The number of aromatic nitrogens is 2. The van der Waals surface area contributed by atoms with Crippen LogP contribution in [0.4, 0.5) is 10.1 Å². The topological polar surface area (TPSA) is 120 Å². The number of carbonyl (C=O) groups is 1. The van der Waals surface area contributed by atoms with Gasteiger partial charge in [-0.1, -0.05) is 25.4 Å². The molecule has 0 aliphatic rings. The van der Waals surface area contributed by atoms with Crippen molar-refractivity contribution in [1.82, 2.24) is 14.9 Å². The van der Waals surface area contributed by atoms with Gasteiger partial charge in [0.05, 0.1) is 32.7 Å². The van der Waals surface area contributed by atoms with Gasteiger partial charge in [0.15, 0.2) is 6.04 Å². The molecule has 4 rings (SSSR count). The Bertz CT molecular complexity index is 1540. The lowest BCUT2D eigenvalue weighted by Crippen LogP contribution is -2.33. The van der Waals surface area contributed by atoms with Crippen LogP contribution in [0.5, 0.6) is 0 Å². The molecular weight excluding hydrogens is 493 g/mol. The van der Waals surface area contributed by atoms with Crippen molar-refractivity contribution >= 4 is 45.4 Å². The summed E-state index contributed by atoms with van der Waals surface area (Å²) in [7, 11) is 1.52. The van der Waals surface area contributed by atoms with E-state index in [4.69, 9.17) is 11.6 Å². The Morgan fingerprint density at radius 1 is 1.17 bits per heavy atom. The van der Waals surface area contributed by atoms with Crippen LogP contribution in [0.3, 0.4) is 0 Å². The van der Waals surface area contributed by atoms with Crippen LogP contribution in [0.2, 0.25) is 4.34 Å². The van der Waals surface area contributed by atoms with Gasteiger partial charge in [-0.25, -0.2) is 13.8 Å². The lowest BCUT2D eigenvalue weighted by atomic mass is 10.1. The minimum absolute atomic E-state index is 0.000565. The van der Waals surface area contributed by atoms with E-state index in [1.165, 1.54) is 48.7 Å². The Morgan fingerprint density at radius 3 is 2.43 bits per heavy atom. The number of anilines is 1. The summed E-state index contributed by atoms with van der Waals surface area (Å²) in [5.41, 5.74) is -0.661. The number of nitriles is 1. The van der Waals surface area contributed by atoms with E-state index in [1.807, 2.05) is 19.9 Å². The third-order valence-corrected chi connectivity index (χ3v) is 6.22. The number of carbonyl (C=O) groups excluding carboxylic acids is 1. The number of hydrogen-bond acceptors (Lipinski definition) is 6. The van der Waals surface area contributed by atoms with Gasteiger partial charge in [-0.2, -0.15) is 5.26 Å². The summed E-state index contributed by atoms with van der Waals surface area (Å²) in [6, 6.07) is 12.5. The molecule has 4 aromatic rings. The molecule has 1 atom stereocenters. The second kappa shape index (κ2) is 11.0. The first-order valence-corrected chi connectivity index (χ1v) is 11.7. The van der Waals surface area contributed by atoms with Gasteiger partial charge in [-0.05, 0) is 48.5 Å². The normalized spacial score (nSPS) is 11.2. The van der Waals surface area contributed by atoms with Gasteiger partial charge in [0.1, 0.15) is 5.82 Å². The SMILES string of the molecule is CC.CNc1cc2[nH]c(=O)n(-c3ccc(C(=O)NC(C#N)c4ccc(Cl)s4)cc3)c(=O)c2cc1F. The molecule has 1 amide bonds. The fourth-order valence-corrected chi connectivity index (χ4v) is 4.35. The highest BCUT2D eigenvalue weighted by Gasteiger charge is 2.18. The van der Waals surface area contributed by atoms with Crippen molar-refractivity contribution in [3.63, 3.8) is 0 Å².